The average Bonchev–Trinajstić information content (AvgIpc) is 3.51. The van der Waals surface area contributed by atoms with E-state index in [0.29, 0.717) is 19.6 Å². The van der Waals surface area contributed by atoms with Crippen LogP contribution in [0.4, 0.5) is 0 Å². The molecular weight excluding hydrogens is 518 g/mol. The second-order valence-electron chi connectivity index (χ2n) is 10.6. The molecule has 0 saturated carbocycles. The Morgan fingerprint density at radius 2 is 1.85 bits per heavy atom. The number of hydrogen-bond donors (Lipinski definition) is 1. The van der Waals surface area contributed by atoms with Crippen LogP contribution in [0.15, 0.2) is 47.0 Å². The molecule has 3 heterocycles. The molecule has 1 saturated heterocycles. The van der Waals surface area contributed by atoms with Gasteiger partial charge in [-0.05, 0) is 62.1 Å². The van der Waals surface area contributed by atoms with Gasteiger partial charge < -0.3 is 23.9 Å². The van der Waals surface area contributed by atoms with Crippen molar-refractivity contribution in [3.8, 4) is 16.9 Å². The van der Waals surface area contributed by atoms with Crippen LogP contribution in [0.25, 0.3) is 22.2 Å². The molecule has 5 rings (SSSR count). The van der Waals surface area contributed by atoms with Crippen LogP contribution in [0.2, 0.25) is 0 Å². The van der Waals surface area contributed by atoms with Crippen LogP contribution < -0.4 is 10.1 Å². The number of rotatable bonds is 13. The van der Waals surface area contributed by atoms with E-state index < -0.39 is 0 Å². The fraction of sp³-hybridized carbons (Fsp3) is 0.469. The number of imidazole rings is 1. The van der Waals surface area contributed by atoms with Crippen LogP contribution in [0.1, 0.15) is 42.6 Å². The van der Waals surface area contributed by atoms with Gasteiger partial charge in [0.1, 0.15) is 23.9 Å². The van der Waals surface area contributed by atoms with Gasteiger partial charge in [0, 0.05) is 44.6 Å². The Morgan fingerprint density at radius 1 is 1.05 bits per heavy atom. The maximum Gasteiger partial charge on any atom is 0.220 e. The molecule has 1 N–H and O–H groups in total. The summed E-state index contributed by atoms with van der Waals surface area (Å²) in [7, 11) is 0. The van der Waals surface area contributed by atoms with Crippen molar-refractivity contribution >= 4 is 16.9 Å². The first kappa shape index (κ1) is 28.8. The Bertz CT molecular complexity index is 1420. The molecule has 1 amide bonds. The van der Waals surface area contributed by atoms with Gasteiger partial charge in [0.2, 0.25) is 5.91 Å². The zero-order valence-corrected chi connectivity index (χ0v) is 24.4. The maximum atomic E-state index is 11.6. The molecule has 1 fully saturated rings. The number of benzene rings is 2. The first-order chi connectivity index (χ1) is 20.0. The highest BCUT2D eigenvalue weighted by Crippen LogP contribution is 2.30. The molecule has 218 valence electrons. The number of ether oxygens (including phenoxy) is 2. The summed E-state index contributed by atoms with van der Waals surface area (Å²) < 4.78 is 19.1. The van der Waals surface area contributed by atoms with E-state index in [9.17, 15) is 4.79 Å². The standard InChI is InChI=1S/C32H41N5O4/c1-4-5-31(38)33-14-19-40-27-10-6-25(7-11-27)8-13-30-34-28-22-26(32-23(2)35-41-24(32)3)9-12-29(28)37(30)16-15-36-17-20-39-21-18-36/h6-7,9-12,22H,4-5,8,13-21H2,1-3H3,(H,33,38). The highest BCUT2D eigenvalue weighted by atomic mass is 16.5. The van der Waals surface area contributed by atoms with Gasteiger partial charge >= 0.3 is 0 Å². The molecule has 0 aliphatic carbocycles. The molecule has 2 aromatic carbocycles. The Balaban J connectivity index is 1.27. The van der Waals surface area contributed by atoms with Crippen molar-refractivity contribution in [2.75, 3.05) is 46.0 Å². The lowest BCUT2D eigenvalue weighted by Gasteiger charge is -2.27. The summed E-state index contributed by atoms with van der Waals surface area (Å²) in [6.07, 6.45) is 3.12. The van der Waals surface area contributed by atoms with Crippen LogP contribution >= 0.6 is 0 Å². The average molecular weight is 560 g/mol. The van der Waals surface area contributed by atoms with E-state index >= 15 is 0 Å². The number of carbonyl (C=O) groups is 1. The minimum absolute atomic E-state index is 0.0716. The third-order valence-electron chi connectivity index (χ3n) is 7.62. The predicted octanol–water partition coefficient (Wildman–Crippen LogP) is 4.72. The third-order valence-corrected chi connectivity index (χ3v) is 7.62. The van der Waals surface area contributed by atoms with Crippen LogP contribution in [0, 0.1) is 13.8 Å². The van der Waals surface area contributed by atoms with Crippen LogP contribution in [-0.4, -0.2) is 71.5 Å². The van der Waals surface area contributed by atoms with Crippen LogP contribution in [-0.2, 0) is 28.9 Å². The molecule has 9 nitrogen and oxygen atoms in total. The number of nitrogens with one attached hydrogen (secondary N) is 1. The zero-order valence-electron chi connectivity index (χ0n) is 24.4. The Morgan fingerprint density at radius 3 is 2.59 bits per heavy atom. The number of aromatic nitrogens is 3. The molecule has 9 heteroatoms. The van der Waals surface area contributed by atoms with Crippen molar-refractivity contribution in [2.45, 2.75) is 53.0 Å². The van der Waals surface area contributed by atoms with Gasteiger partial charge in [0.05, 0.1) is 36.5 Å². The van der Waals surface area contributed by atoms with E-state index in [1.807, 2.05) is 32.9 Å². The largest absolute Gasteiger partial charge is 0.492 e. The lowest BCUT2D eigenvalue weighted by Crippen LogP contribution is -2.38. The smallest absolute Gasteiger partial charge is 0.220 e. The lowest BCUT2D eigenvalue weighted by molar-refractivity contribution is -0.121. The summed E-state index contributed by atoms with van der Waals surface area (Å²) in [5.41, 5.74) is 6.40. The van der Waals surface area contributed by atoms with Gasteiger partial charge in [-0.2, -0.15) is 0 Å². The highest BCUT2D eigenvalue weighted by Gasteiger charge is 2.17. The topological polar surface area (TPSA) is 94.7 Å². The zero-order chi connectivity index (χ0) is 28.6. The van der Waals surface area contributed by atoms with Crippen LogP contribution in [0.3, 0.4) is 0 Å². The molecule has 0 unspecified atom stereocenters. The summed E-state index contributed by atoms with van der Waals surface area (Å²) in [4.78, 5) is 19.2. The van der Waals surface area contributed by atoms with E-state index in [1.54, 1.807) is 0 Å². The van der Waals surface area contributed by atoms with Crippen molar-refractivity contribution < 1.29 is 18.8 Å². The molecule has 0 radical (unpaired) electrons. The monoisotopic (exact) mass is 559 g/mol. The minimum Gasteiger partial charge on any atom is -0.492 e. The van der Waals surface area contributed by atoms with E-state index in [1.165, 1.54) is 5.56 Å². The van der Waals surface area contributed by atoms with Crippen molar-refractivity contribution in [1.29, 1.82) is 0 Å². The Labute approximate surface area is 241 Å². The van der Waals surface area contributed by atoms with Crippen LogP contribution in [0.5, 0.6) is 5.75 Å². The van der Waals surface area contributed by atoms with E-state index in [4.69, 9.17) is 19.0 Å². The number of amides is 1. The molecular formula is C32H41N5O4. The number of nitrogens with zero attached hydrogens (tertiary/aromatic N) is 4. The summed E-state index contributed by atoms with van der Waals surface area (Å²) >= 11 is 0. The lowest BCUT2D eigenvalue weighted by atomic mass is 10.0. The van der Waals surface area contributed by atoms with E-state index in [0.717, 1.165) is 104 Å². The molecule has 0 atom stereocenters. The summed E-state index contributed by atoms with van der Waals surface area (Å²) in [6.45, 7) is 12.3. The third kappa shape index (κ3) is 7.34. The normalized spacial score (nSPS) is 14.0. The Kier molecular flexibility index (Phi) is 9.69. The molecule has 1 aliphatic rings. The molecule has 0 spiro atoms. The van der Waals surface area contributed by atoms with Crippen molar-refractivity contribution in [3.63, 3.8) is 0 Å². The van der Waals surface area contributed by atoms with Gasteiger partial charge in [-0.15, -0.1) is 0 Å². The number of carbonyl (C=O) groups excluding carboxylic acids is 1. The minimum atomic E-state index is 0.0716. The molecule has 0 bridgehead atoms. The first-order valence-corrected chi connectivity index (χ1v) is 14.7. The highest BCUT2D eigenvalue weighted by molar-refractivity contribution is 5.83. The number of morpholine rings is 1. The predicted molar refractivity (Wildman–Crippen MR) is 159 cm³/mol. The first-order valence-electron chi connectivity index (χ1n) is 14.7. The fourth-order valence-electron chi connectivity index (χ4n) is 5.42. The summed E-state index contributed by atoms with van der Waals surface area (Å²) in [5, 5.41) is 7.02. The van der Waals surface area contributed by atoms with E-state index in [2.05, 4.69) is 50.3 Å². The molecule has 4 aromatic rings. The SMILES string of the molecule is CCCC(=O)NCCOc1ccc(CCc2nc3cc(-c4c(C)noc4C)ccc3n2CCN2CCOCC2)cc1. The van der Waals surface area contributed by atoms with Gasteiger partial charge in [-0.1, -0.05) is 30.3 Å². The van der Waals surface area contributed by atoms with Crippen molar-refractivity contribution in [1.82, 2.24) is 24.9 Å². The molecule has 2 aromatic heterocycles. The summed E-state index contributed by atoms with van der Waals surface area (Å²) in [5.74, 6) is 2.79. The Hall–Kier alpha value is -3.69. The van der Waals surface area contributed by atoms with Gasteiger partial charge in [0.25, 0.3) is 0 Å². The number of fused-ring (bicyclic) bond motifs is 1. The molecule has 41 heavy (non-hydrogen) atoms. The fourth-order valence-corrected chi connectivity index (χ4v) is 5.42. The maximum absolute atomic E-state index is 11.6. The second-order valence-corrected chi connectivity index (χ2v) is 10.6. The number of hydrogen-bond acceptors (Lipinski definition) is 7. The molecule has 1 aliphatic heterocycles. The quantitative estimate of drug-likeness (QED) is 0.237. The van der Waals surface area contributed by atoms with Crippen molar-refractivity contribution in [3.05, 3.63) is 65.3 Å². The van der Waals surface area contributed by atoms with E-state index in [-0.39, 0.29) is 5.91 Å². The van der Waals surface area contributed by atoms with Gasteiger partial charge in [0.15, 0.2) is 0 Å². The van der Waals surface area contributed by atoms with Crippen molar-refractivity contribution in [2.24, 2.45) is 0 Å². The number of aryl methyl sites for hydroxylation is 4. The van der Waals surface area contributed by atoms with Gasteiger partial charge in [-0.25, -0.2) is 4.98 Å². The second kappa shape index (κ2) is 13.8. The summed E-state index contributed by atoms with van der Waals surface area (Å²) in [6, 6.07) is 14.7. The van der Waals surface area contributed by atoms with Gasteiger partial charge in [-0.3, -0.25) is 9.69 Å².